The number of non-ortho nitro benzene ring substituents is 1. The molecule has 33 heavy (non-hydrogen) atoms. The van der Waals surface area contributed by atoms with Gasteiger partial charge in [-0.05, 0) is 60.3 Å². The van der Waals surface area contributed by atoms with Gasteiger partial charge in [0, 0.05) is 23.9 Å². The number of nitrogens with zero attached hydrogens (tertiary/aromatic N) is 1. The Hall–Kier alpha value is -3.87. The Kier molecular flexibility index (Phi) is 7.66. The number of hydrogen-bond acceptors (Lipinski definition) is 7. The van der Waals surface area contributed by atoms with E-state index in [-0.39, 0.29) is 22.2 Å². The van der Waals surface area contributed by atoms with Crippen LogP contribution in [-0.4, -0.2) is 24.4 Å². The Morgan fingerprint density at radius 3 is 2.55 bits per heavy atom. The van der Waals surface area contributed by atoms with Crippen molar-refractivity contribution in [3.63, 3.8) is 0 Å². The lowest BCUT2D eigenvalue weighted by molar-refractivity contribution is -0.384. The van der Waals surface area contributed by atoms with Gasteiger partial charge in [-0.3, -0.25) is 20.2 Å². The van der Waals surface area contributed by atoms with Crippen LogP contribution < -0.4 is 15.4 Å². The van der Waals surface area contributed by atoms with E-state index < -0.39 is 20.9 Å². The van der Waals surface area contributed by atoms with Crippen LogP contribution in [0.5, 0.6) is 0 Å². The number of nitro benzene ring substituents is 1. The molecule has 0 aliphatic heterocycles. The van der Waals surface area contributed by atoms with Crippen molar-refractivity contribution in [3.05, 3.63) is 94.4 Å². The number of carbonyl (C=O) groups is 1. The molecule has 10 nitrogen and oxygen atoms in total. The van der Waals surface area contributed by atoms with Gasteiger partial charge in [0.25, 0.3) is 5.69 Å². The highest BCUT2D eigenvalue weighted by Gasteiger charge is 2.14. The number of anilines is 1. The fraction of sp³-hybridized carbons (Fsp3) is 0.0476. The number of carbonyl (C=O) groups excluding carboxylic acids is 1. The maximum atomic E-state index is 12.4. The molecule has 0 spiro atoms. The summed E-state index contributed by atoms with van der Waals surface area (Å²) in [4.78, 5) is 22.4. The normalized spacial score (nSPS) is 11.3. The van der Waals surface area contributed by atoms with Gasteiger partial charge < -0.3 is 9.73 Å². The fourth-order valence-electron chi connectivity index (χ4n) is 2.61. The number of sulfonamides is 1. The molecule has 0 aliphatic carbocycles. The van der Waals surface area contributed by atoms with Crippen molar-refractivity contribution in [1.29, 1.82) is 0 Å². The summed E-state index contributed by atoms with van der Waals surface area (Å²) in [5.74, 6) is -0.0576. The van der Waals surface area contributed by atoms with Gasteiger partial charge in [-0.1, -0.05) is 12.1 Å². The van der Waals surface area contributed by atoms with E-state index in [1.807, 2.05) is 0 Å². The van der Waals surface area contributed by atoms with Crippen LogP contribution in [-0.2, 0) is 21.4 Å². The molecule has 1 heterocycles. The van der Waals surface area contributed by atoms with E-state index >= 15 is 0 Å². The first-order valence-electron chi connectivity index (χ1n) is 9.39. The summed E-state index contributed by atoms with van der Waals surface area (Å²) in [6.07, 6.45) is 4.06. The molecule has 0 saturated carbocycles. The van der Waals surface area contributed by atoms with Gasteiger partial charge in [-0.15, -0.1) is 0 Å². The highest BCUT2D eigenvalue weighted by atomic mass is 32.2. The molecule has 0 atom stereocenters. The fourth-order valence-corrected chi connectivity index (χ4v) is 3.82. The standard InChI is InChI=1S/C21H18N4O6S2/c26-20(11-6-15-3-1-4-17(13-15)25(27)28)24-21(32)23-16-7-9-19(10-8-16)33(29,30)22-14-18-5-2-12-31-18/h1-13,22H,14H2,(H2,23,24,26,32)/b11-6+. The molecule has 0 unspecified atom stereocenters. The number of nitro groups is 1. The molecule has 0 bridgehead atoms. The van der Waals surface area contributed by atoms with Crippen LogP contribution >= 0.6 is 12.2 Å². The summed E-state index contributed by atoms with van der Waals surface area (Å²) < 4.78 is 32.2. The summed E-state index contributed by atoms with van der Waals surface area (Å²) in [7, 11) is -3.73. The maximum absolute atomic E-state index is 12.4. The monoisotopic (exact) mass is 486 g/mol. The molecular formula is C21H18N4O6S2. The van der Waals surface area contributed by atoms with Crippen LogP contribution in [0.2, 0.25) is 0 Å². The lowest BCUT2D eigenvalue weighted by atomic mass is 10.2. The average Bonchev–Trinajstić information content (AvgIpc) is 3.31. The van der Waals surface area contributed by atoms with Gasteiger partial charge >= 0.3 is 0 Å². The molecule has 3 aromatic rings. The highest BCUT2D eigenvalue weighted by molar-refractivity contribution is 7.89. The molecule has 0 saturated heterocycles. The predicted molar refractivity (Wildman–Crippen MR) is 126 cm³/mol. The number of amides is 1. The second kappa shape index (κ2) is 10.6. The summed E-state index contributed by atoms with van der Waals surface area (Å²) in [5.41, 5.74) is 0.861. The molecule has 170 valence electrons. The lowest BCUT2D eigenvalue weighted by Crippen LogP contribution is -2.32. The van der Waals surface area contributed by atoms with Gasteiger partial charge in [-0.25, -0.2) is 13.1 Å². The Bertz CT molecular complexity index is 1290. The van der Waals surface area contributed by atoms with Crippen LogP contribution in [0, 0.1) is 10.1 Å². The smallest absolute Gasteiger partial charge is 0.270 e. The first-order chi connectivity index (χ1) is 15.7. The number of nitrogens with one attached hydrogen (secondary N) is 3. The Morgan fingerprint density at radius 2 is 1.88 bits per heavy atom. The molecule has 1 amide bonds. The predicted octanol–water partition coefficient (Wildman–Crippen LogP) is 3.19. The second-order valence-electron chi connectivity index (χ2n) is 6.56. The first-order valence-corrected chi connectivity index (χ1v) is 11.3. The Morgan fingerprint density at radius 1 is 1.12 bits per heavy atom. The van der Waals surface area contributed by atoms with Crippen LogP contribution in [0.15, 0.2) is 82.3 Å². The third kappa shape index (κ3) is 7.07. The maximum Gasteiger partial charge on any atom is 0.270 e. The second-order valence-corrected chi connectivity index (χ2v) is 8.73. The van der Waals surface area contributed by atoms with Gasteiger partial charge in [-0.2, -0.15) is 0 Å². The minimum atomic E-state index is -3.73. The molecule has 12 heteroatoms. The highest BCUT2D eigenvalue weighted by Crippen LogP contribution is 2.15. The van der Waals surface area contributed by atoms with Crippen molar-refractivity contribution in [2.75, 3.05) is 5.32 Å². The quantitative estimate of drug-likeness (QED) is 0.191. The van der Waals surface area contributed by atoms with E-state index in [0.717, 1.165) is 0 Å². The molecule has 2 aromatic carbocycles. The van der Waals surface area contributed by atoms with Crippen molar-refractivity contribution in [3.8, 4) is 0 Å². The third-order valence-corrected chi connectivity index (χ3v) is 5.81. The number of thiocarbonyl (C=S) groups is 1. The zero-order chi connectivity index (χ0) is 23.8. The van der Waals surface area contributed by atoms with Gasteiger partial charge in [0.05, 0.1) is 22.6 Å². The zero-order valence-electron chi connectivity index (χ0n) is 16.9. The summed E-state index contributed by atoms with van der Waals surface area (Å²) in [6.45, 7) is 0.0231. The van der Waals surface area contributed by atoms with E-state index in [0.29, 0.717) is 17.0 Å². The Labute approximate surface area is 194 Å². The number of benzene rings is 2. The lowest BCUT2D eigenvalue weighted by Gasteiger charge is -2.10. The van der Waals surface area contributed by atoms with Crippen molar-refractivity contribution in [2.45, 2.75) is 11.4 Å². The van der Waals surface area contributed by atoms with Crippen molar-refractivity contribution in [2.24, 2.45) is 0 Å². The molecule has 3 N–H and O–H groups in total. The molecular weight excluding hydrogens is 468 g/mol. The van der Waals surface area contributed by atoms with Crippen molar-refractivity contribution >= 4 is 50.7 Å². The first kappa shape index (κ1) is 23.8. The zero-order valence-corrected chi connectivity index (χ0v) is 18.6. The SMILES string of the molecule is O=C(/C=C/c1cccc([N+](=O)[O-])c1)NC(=S)Nc1ccc(S(=O)(=O)NCc2ccco2)cc1. The van der Waals surface area contributed by atoms with E-state index in [1.54, 1.807) is 18.2 Å². The number of furan rings is 1. The van der Waals surface area contributed by atoms with Crippen LogP contribution in [0.3, 0.4) is 0 Å². The van der Waals surface area contributed by atoms with E-state index in [4.69, 9.17) is 16.6 Å². The molecule has 3 rings (SSSR count). The summed E-state index contributed by atoms with van der Waals surface area (Å²) in [5, 5.41) is 16.0. The molecule has 0 aliphatic rings. The summed E-state index contributed by atoms with van der Waals surface area (Å²) >= 11 is 5.08. The van der Waals surface area contributed by atoms with E-state index in [9.17, 15) is 23.3 Å². The largest absolute Gasteiger partial charge is 0.468 e. The topological polar surface area (TPSA) is 144 Å². The van der Waals surface area contributed by atoms with Gasteiger partial charge in [0.2, 0.25) is 15.9 Å². The van der Waals surface area contributed by atoms with E-state index in [2.05, 4.69) is 15.4 Å². The van der Waals surface area contributed by atoms with Crippen molar-refractivity contribution < 1.29 is 22.6 Å². The van der Waals surface area contributed by atoms with Crippen LogP contribution in [0.1, 0.15) is 11.3 Å². The number of rotatable bonds is 8. The average molecular weight is 487 g/mol. The van der Waals surface area contributed by atoms with Gasteiger partial charge in [0.15, 0.2) is 5.11 Å². The van der Waals surface area contributed by atoms with Crippen LogP contribution in [0.4, 0.5) is 11.4 Å². The summed E-state index contributed by atoms with van der Waals surface area (Å²) in [6, 6.07) is 14.9. The minimum Gasteiger partial charge on any atom is -0.468 e. The third-order valence-electron chi connectivity index (χ3n) is 4.18. The van der Waals surface area contributed by atoms with Crippen LogP contribution in [0.25, 0.3) is 6.08 Å². The van der Waals surface area contributed by atoms with E-state index in [1.165, 1.54) is 60.9 Å². The molecule has 0 radical (unpaired) electrons. The minimum absolute atomic E-state index is 0.00440. The number of hydrogen-bond donors (Lipinski definition) is 3. The molecule has 1 aromatic heterocycles. The van der Waals surface area contributed by atoms with Gasteiger partial charge in [0.1, 0.15) is 5.76 Å². The van der Waals surface area contributed by atoms with Crippen molar-refractivity contribution in [1.82, 2.24) is 10.0 Å². The Balaban J connectivity index is 1.53. The molecule has 0 fully saturated rings.